The fraction of sp³-hybridized carbons (Fsp3) is 0.231. The Balaban J connectivity index is 1.63. The van der Waals surface area contributed by atoms with E-state index < -0.39 is 0 Å². The van der Waals surface area contributed by atoms with E-state index in [2.05, 4.69) is 47.2 Å². The van der Waals surface area contributed by atoms with Crippen LogP contribution < -0.4 is 10.2 Å². The first kappa shape index (κ1) is 20.7. The number of amides is 1. The number of aryl methyl sites for hydroxylation is 1. The predicted molar refractivity (Wildman–Crippen MR) is 128 cm³/mol. The van der Waals surface area contributed by atoms with Gasteiger partial charge in [-0.25, -0.2) is 4.98 Å². The van der Waals surface area contributed by atoms with Crippen LogP contribution in [0.25, 0.3) is 22.4 Å². The van der Waals surface area contributed by atoms with Gasteiger partial charge in [-0.05, 0) is 38.0 Å². The van der Waals surface area contributed by atoms with E-state index in [4.69, 9.17) is 4.98 Å². The van der Waals surface area contributed by atoms with Crippen LogP contribution >= 0.6 is 0 Å². The van der Waals surface area contributed by atoms with Gasteiger partial charge in [-0.2, -0.15) is 0 Å². The lowest BCUT2D eigenvalue weighted by molar-refractivity contribution is -0.116. The zero-order chi connectivity index (χ0) is 21.6. The third kappa shape index (κ3) is 4.77. The molecule has 0 saturated heterocycles. The average Bonchev–Trinajstić information content (AvgIpc) is 3.23. The highest BCUT2D eigenvalue weighted by atomic mass is 16.1. The lowest BCUT2D eigenvalue weighted by Gasteiger charge is -2.24. The van der Waals surface area contributed by atoms with E-state index in [-0.39, 0.29) is 5.91 Å². The van der Waals surface area contributed by atoms with Gasteiger partial charge < -0.3 is 15.2 Å². The highest BCUT2D eigenvalue weighted by Gasteiger charge is 2.15. The monoisotopic (exact) mass is 412 g/mol. The molecule has 0 aliphatic rings. The molecule has 0 fully saturated rings. The maximum absolute atomic E-state index is 12.7. The number of H-pyrrole nitrogens is 1. The van der Waals surface area contributed by atoms with E-state index >= 15 is 0 Å². The van der Waals surface area contributed by atoms with Crippen LogP contribution in [0, 0.1) is 0 Å². The van der Waals surface area contributed by atoms with Crippen LogP contribution in [-0.2, 0) is 11.2 Å². The lowest BCUT2D eigenvalue weighted by atomic mass is 10.1. The smallest absolute Gasteiger partial charge is 0.224 e. The summed E-state index contributed by atoms with van der Waals surface area (Å²) in [7, 11) is 0. The van der Waals surface area contributed by atoms with Crippen molar-refractivity contribution in [2.24, 2.45) is 0 Å². The van der Waals surface area contributed by atoms with Crippen molar-refractivity contribution in [2.75, 3.05) is 23.3 Å². The first-order valence-electron chi connectivity index (χ1n) is 10.9. The topological polar surface area (TPSA) is 61.0 Å². The molecule has 5 heteroatoms. The Morgan fingerprint density at radius 3 is 2.32 bits per heavy atom. The molecule has 0 spiro atoms. The normalized spacial score (nSPS) is 10.9. The minimum absolute atomic E-state index is 0.0133. The third-order valence-electron chi connectivity index (χ3n) is 5.51. The van der Waals surface area contributed by atoms with E-state index in [9.17, 15) is 4.79 Å². The van der Waals surface area contributed by atoms with Crippen LogP contribution in [0.1, 0.15) is 25.8 Å². The molecule has 3 aromatic carbocycles. The molecule has 0 atom stereocenters. The highest BCUT2D eigenvalue weighted by molar-refractivity contribution is 5.99. The molecule has 1 amide bonds. The molecule has 1 aromatic heterocycles. The molecule has 158 valence electrons. The lowest BCUT2D eigenvalue weighted by Crippen LogP contribution is -2.24. The summed E-state index contributed by atoms with van der Waals surface area (Å²) in [6.07, 6.45) is 1.16. The Labute approximate surface area is 183 Å². The summed E-state index contributed by atoms with van der Waals surface area (Å²) < 4.78 is 0. The van der Waals surface area contributed by atoms with Crippen molar-refractivity contribution in [2.45, 2.75) is 26.7 Å². The van der Waals surface area contributed by atoms with Crippen molar-refractivity contribution in [1.29, 1.82) is 0 Å². The number of hydrogen-bond donors (Lipinski definition) is 2. The minimum Gasteiger partial charge on any atom is -0.370 e. The van der Waals surface area contributed by atoms with Crippen molar-refractivity contribution in [1.82, 2.24) is 9.97 Å². The van der Waals surface area contributed by atoms with Gasteiger partial charge in [0.15, 0.2) is 0 Å². The maximum Gasteiger partial charge on any atom is 0.224 e. The summed E-state index contributed by atoms with van der Waals surface area (Å²) in [6, 6.07) is 24.2. The van der Waals surface area contributed by atoms with Gasteiger partial charge in [0, 0.05) is 25.1 Å². The van der Waals surface area contributed by atoms with Crippen LogP contribution in [0.15, 0.2) is 72.8 Å². The van der Waals surface area contributed by atoms with Gasteiger partial charge >= 0.3 is 0 Å². The molecule has 0 bridgehead atoms. The van der Waals surface area contributed by atoms with Gasteiger partial charge in [-0.15, -0.1) is 0 Å². The number of benzene rings is 3. The molecule has 1 heterocycles. The molecule has 4 aromatic rings. The Hall–Kier alpha value is -3.60. The van der Waals surface area contributed by atoms with Crippen LogP contribution in [0.5, 0.6) is 0 Å². The molecule has 0 radical (unpaired) electrons. The molecule has 4 rings (SSSR count). The number of hydrogen-bond acceptors (Lipinski definition) is 3. The number of rotatable bonds is 8. The zero-order valence-corrected chi connectivity index (χ0v) is 18.1. The summed E-state index contributed by atoms with van der Waals surface area (Å²) >= 11 is 0. The van der Waals surface area contributed by atoms with Crippen molar-refractivity contribution >= 4 is 28.3 Å². The average molecular weight is 413 g/mol. The Morgan fingerprint density at radius 2 is 1.65 bits per heavy atom. The summed E-state index contributed by atoms with van der Waals surface area (Å²) in [5, 5.41) is 3.14. The SMILES string of the molecule is CCN(CC)c1cc2nc(-c3ccccc3)[nH]c2cc1NC(=O)CCc1ccccc1. The number of anilines is 2. The van der Waals surface area contributed by atoms with Gasteiger partial charge in [0.25, 0.3) is 0 Å². The molecule has 0 aliphatic heterocycles. The summed E-state index contributed by atoms with van der Waals surface area (Å²) in [5.41, 5.74) is 5.82. The number of nitrogens with zero attached hydrogens (tertiary/aromatic N) is 2. The van der Waals surface area contributed by atoms with Gasteiger partial charge in [0.05, 0.1) is 22.4 Å². The van der Waals surface area contributed by atoms with E-state index in [0.717, 1.165) is 58.9 Å². The molecular formula is C26H28N4O. The number of aromatic amines is 1. The van der Waals surface area contributed by atoms with Crippen LogP contribution in [0.4, 0.5) is 11.4 Å². The number of carbonyl (C=O) groups excluding carboxylic acids is 1. The maximum atomic E-state index is 12.7. The fourth-order valence-corrected chi connectivity index (χ4v) is 3.82. The summed E-state index contributed by atoms with van der Waals surface area (Å²) in [4.78, 5) is 23.2. The number of nitrogens with one attached hydrogen (secondary N) is 2. The largest absolute Gasteiger partial charge is 0.370 e. The molecule has 0 aliphatic carbocycles. The van der Waals surface area contributed by atoms with Crippen molar-refractivity contribution < 1.29 is 4.79 Å². The first-order valence-corrected chi connectivity index (χ1v) is 10.9. The second kappa shape index (κ2) is 9.47. The molecule has 31 heavy (non-hydrogen) atoms. The molecule has 5 nitrogen and oxygen atoms in total. The van der Waals surface area contributed by atoms with Gasteiger partial charge in [0.2, 0.25) is 5.91 Å². The third-order valence-corrected chi connectivity index (χ3v) is 5.51. The number of imidazole rings is 1. The standard InChI is InChI=1S/C26H28N4O/c1-3-30(4-2)24-18-22-21(28-26(29-22)20-13-9-6-10-14-20)17-23(24)27-25(31)16-15-19-11-7-5-8-12-19/h5-14,17-18H,3-4,15-16H2,1-2H3,(H,27,31)(H,28,29). The van der Waals surface area contributed by atoms with Crippen molar-refractivity contribution in [3.63, 3.8) is 0 Å². The predicted octanol–water partition coefficient (Wildman–Crippen LogP) is 5.65. The molecule has 0 unspecified atom stereocenters. The van der Waals surface area contributed by atoms with E-state index in [0.29, 0.717) is 6.42 Å². The molecule has 2 N–H and O–H groups in total. The summed E-state index contributed by atoms with van der Waals surface area (Å²) in [5.74, 6) is 0.841. The van der Waals surface area contributed by atoms with Crippen LogP contribution in [0.2, 0.25) is 0 Å². The van der Waals surface area contributed by atoms with E-state index in [1.807, 2.05) is 54.6 Å². The van der Waals surface area contributed by atoms with E-state index in [1.54, 1.807) is 0 Å². The van der Waals surface area contributed by atoms with Gasteiger partial charge in [-0.3, -0.25) is 4.79 Å². The Morgan fingerprint density at radius 1 is 0.968 bits per heavy atom. The van der Waals surface area contributed by atoms with E-state index in [1.165, 1.54) is 0 Å². The van der Waals surface area contributed by atoms with Crippen molar-refractivity contribution in [3.8, 4) is 11.4 Å². The Kier molecular flexibility index (Phi) is 6.32. The number of carbonyl (C=O) groups is 1. The van der Waals surface area contributed by atoms with Gasteiger partial charge in [-0.1, -0.05) is 60.7 Å². The quantitative estimate of drug-likeness (QED) is 0.393. The molecular weight excluding hydrogens is 384 g/mol. The zero-order valence-electron chi connectivity index (χ0n) is 18.1. The van der Waals surface area contributed by atoms with Crippen LogP contribution in [-0.4, -0.2) is 29.0 Å². The minimum atomic E-state index is 0.0133. The summed E-state index contributed by atoms with van der Waals surface area (Å²) in [6.45, 7) is 5.94. The molecule has 0 saturated carbocycles. The van der Waals surface area contributed by atoms with Gasteiger partial charge in [0.1, 0.15) is 5.82 Å². The van der Waals surface area contributed by atoms with Crippen molar-refractivity contribution in [3.05, 3.63) is 78.4 Å². The number of fused-ring (bicyclic) bond motifs is 1. The first-order chi connectivity index (χ1) is 15.2. The fourth-order valence-electron chi connectivity index (χ4n) is 3.82. The number of aromatic nitrogens is 2. The second-order valence-electron chi connectivity index (χ2n) is 7.54. The van der Waals surface area contributed by atoms with Crippen LogP contribution in [0.3, 0.4) is 0 Å². The highest BCUT2D eigenvalue weighted by Crippen LogP contribution is 2.32. The second-order valence-corrected chi connectivity index (χ2v) is 7.54. The Bertz CT molecular complexity index is 1150.